The highest BCUT2D eigenvalue weighted by atomic mass is 32.1. The molecular formula is C11H16N2O3S. The van der Waals surface area contributed by atoms with Crippen LogP contribution < -0.4 is 4.90 Å². The fourth-order valence-corrected chi connectivity index (χ4v) is 2.86. The molecule has 1 aliphatic rings. The topological polar surface area (TPSA) is 62.7 Å². The summed E-state index contributed by atoms with van der Waals surface area (Å²) in [4.78, 5) is 18.2. The Morgan fingerprint density at radius 1 is 1.76 bits per heavy atom. The van der Waals surface area contributed by atoms with Crippen LogP contribution in [0.15, 0.2) is 6.20 Å². The van der Waals surface area contributed by atoms with Gasteiger partial charge in [0.15, 0.2) is 5.13 Å². The second-order valence-corrected chi connectivity index (χ2v) is 5.14. The second-order valence-electron chi connectivity index (χ2n) is 4.14. The minimum atomic E-state index is -0.343. The predicted molar refractivity (Wildman–Crippen MR) is 65.5 cm³/mol. The summed E-state index contributed by atoms with van der Waals surface area (Å²) in [5.41, 5.74) is 0. The molecule has 17 heavy (non-hydrogen) atoms. The Bertz CT molecular complexity index is 394. The maximum absolute atomic E-state index is 11.3. The van der Waals surface area contributed by atoms with E-state index in [9.17, 15) is 4.79 Å². The van der Waals surface area contributed by atoms with Gasteiger partial charge in [-0.3, -0.25) is 0 Å². The molecule has 0 spiro atoms. The monoisotopic (exact) mass is 256 g/mol. The van der Waals surface area contributed by atoms with Crippen molar-refractivity contribution in [2.75, 3.05) is 31.7 Å². The van der Waals surface area contributed by atoms with Crippen LogP contribution in [0.25, 0.3) is 0 Å². The molecule has 0 saturated carbocycles. The fraction of sp³-hybridized carbons (Fsp3) is 0.636. The molecule has 1 atom stereocenters. The van der Waals surface area contributed by atoms with Gasteiger partial charge in [-0.25, -0.2) is 9.78 Å². The number of aliphatic hydroxyl groups excluding tert-OH is 1. The van der Waals surface area contributed by atoms with Crippen LogP contribution in [0.2, 0.25) is 0 Å². The lowest BCUT2D eigenvalue weighted by Gasteiger charge is -2.31. The molecule has 1 fully saturated rings. The van der Waals surface area contributed by atoms with Crippen molar-refractivity contribution in [1.29, 1.82) is 0 Å². The Labute approximate surface area is 104 Å². The van der Waals surface area contributed by atoms with E-state index in [4.69, 9.17) is 5.11 Å². The minimum Gasteiger partial charge on any atom is -0.465 e. The van der Waals surface area contributed by atoms with Crippen LogP contribution in [0.5, 0.6) is 0 Å². The normalized spacial score (nSPS) is 20.4. The highest BCUT2D eigenvalue weighted by molar-refractivity contribution is 7.17. The van der Waals surface area contributed by atoms with Gasteiger partial charge in [0.1, 0.15) is 4.88 Å². The molecule has 1 aliphatic heterocycles. The molecule has 0 bridgehead atoms. The minimum absolute atomic E-state index is 0.214. The van der Waals surface area contributed by atoms with E-state index in [1.54, 1.807) is 6.20 Å². The van der Waals surface area contributed by atoms with Crippen LogP contribution in [0, 0.1) is 5.92 Å². The number of carbonyl (C=O) groups excluding carboxylic acids is 1. The molecule has 1 aromatic heterocycles. The van der Waals surface area contributed by atoms with Gasteiger partial charge in [0, 0.05) is 19.7 Å². The number of rotatable bonds is 3. The first-order valence-corrected chi connectivity index (χ1v) is 6.46. The number of aromatic nitrogens is 1. The Balaban J connectivity index is 2.06. The van der Waals surface area contributed by atoms with Crippen molar-refractivity contribution in [3.05, 3.63) is 11.1 Å². The largest absolute Gasteiger partial charge is 0.465 e. The number of aliphatic hydroxyl groups is 1. The lowest BCUT2D eigenvalue weighted by atomic mass is 10.00. The van der Waals surface area contributed by atoms with E-state index in [0.29, 0.717) is 10.8 Å². The number of piperidine rings is 1. The lowest BCUT2D eigenvalue weighted by molar-refractivity contribution is 0.0606. The summed E-state index contributed by atoms with van der Waals surface area (Å²) in [6, 6.07) is 0. The smallest absolute Gasteiger partial charge is 0.349 e. The number of thiazole rings is 1. The zero-order chi connectivity index (χ0) is 12.3. The lowest BCUT2D eigenvalue weighted by Crippen LogP contribution is -2.36. The number of anilines is 1. The second kappa shape index (κ2) is 5.46. The zero-order valence-corrected chi connectivity index (χ0v) is 10.6. The number of nitrogens with zero attached hydrogens (tertiary/aromatic N) is 2. The number of hydrogen-bond donors (Lipinski definition) is 1. The molecule has 1 unspecified atom stereocenters. The van der Waals surface area contributed by atoms with E-state index in [1.165, 1.54) is 18.4 Å². The van der Waals surface area contributed by atoms with Gasteiger partial charge in [0.25, 0.3) is 0 Å². The Morgan fingerprint density at radius 2 is 2.59 bits per heavy atom. The average molecular weight is 256 g/mol. The van der Waals surface area contributed by atoms with Crippen LogP contribution in [0.4, 0.5) is 5.13 Å². The van der Waals surface area contributed by atoms with Crippen LogP contribution in [0.3, 0.4) is 0 Å². The van der Waals surface area contributed by atoms with Gasteiger partial charge in [-0.2, -0.15) is 0 Å². The molecule has 94 valence electrons. The zero-order valence-electron chi connectivity index (χ0n) is 9.76. The summed E-state index contributed by atoms with van der Waals surface area (Å²) in [6.07, 6.45) is 3.66. The van der Waals surface area contributed by atoms with Crippen molar-refractivity contribution in [3.8, 4) is 0 Å². The van der Waals surface area contributed by atoms with Crippen molar-refractivity contribution in [2.45, 2.75) is 12.8 Å². The van der Waals surface area contributed by atoms with Crippen molar-refractivity contribution < 1.29 is 14.6 Å². The fourth-order valence-electron chi connectivity index (χ4n) is 1.99. The number of carbonyl (C=O) groups is 1. The van der Waals surface area contributed by atoms with Gasteiger partial charge in [-0.1, -0.05) is 11.3 Å². The predicted octanol–water partition coefficient (Wildman–Crippen LogP) is 1.14. The number of hydrogen-bond acceptors (Lipinski definition) is 6. The Morgan fingerprint density at radius 3 is 3.29 bits per heavy atom. The van der Waals surface area contributed by atoms with E-state index in [1.807, 2.05) is 0 Å². The first-order chi connectivity index (χ1) is 8.24. The summed E-state index contributed by atoms with van der Waals surface area (Å²) in [5.74, 6) is -0.0290. The van der Waals surface area contributed by atoms with E-state index in [-0.39, 0.29) is 12.6 Å². The quantitative estimate of drug-likeness (QED) is 0.822. The van der Waals surface area contributed by atoms with Crippen molar-refractivity contribution in [2.24, 2.45) is 5.92 Å². The van der Waals surface area contributed by atoms with Gasteiger partial charge in [-0.15, -0.1) is 0 Å². The molecule has 1 aromatic rings. The number of ether oxygens (including phenoxy) is 1. The molecule has 1 N–H and O–H groups in total. The van der Waals surface area contributed by atoms with Gasteiger partial charge in [0.05, 0.1) is 13.3 Å². The van der Waals surface area contributed by atoms with E-state index in [0.717, 1.165) is 31.1 Å². The molecule has 0 aromatic carbocycles. The third kappa shape index (κ3) is 2.76. The third-order valence-corrected chi connectivity index (χ3v) is 3.97. The SMILES string of the molecule is COC(=O)c1cnc(N2CCCC(CO)C2)s1. The van der Waals surface area contributed by atoms with Crippen LogP contribution in [-0.2, 0) is 4.74 Å². The molecule has 2 heterocycles. The summed E-state index contributed by atoms with van der Waals surface area (Å²) in [5, 5.41) is 10.0. The molecular weight excluding hydrogens is 240 g/mol. The Hall–Kier alpha value is -1.14. The standard InChI is InChI=1S/C11H16N2O3S/c1-16-10(15)9-5-12-11(17-9)13-4-2-3-8(6-13)7-14/h5,8,14H,2-4,6-7H2,1H3. The van der Waals surface area contributed by atoms with Gasteiger partial charge in [-0.05, 0) is 18.8 Å². The first-order valence-electron chi connectivity index (χ1n) is 5.64. The maximum atomic E-state index is 11.3. The van der Waals surface area contributed by atoms with Gasteiger partial charge in [0.2, 0.25) is 0 Å². The molecule has 6 heteroatoms. The van der Waals surface area contributed by atoms with Crippen molar-refractivity contribution in [3.63, 3.8) is 0 Å². The highest BCUT2D eigenvalue weighted by Crippen LogP contribution is 2.27. The summed E-state index contributed by atoms with van der Waals surface area (Å²) < 4.78 is 4.65. The molecule has 2 rings (SSSR count). The third-order valence-electron chi connectivity index (χ3n) is 2.93. The van der Waals surface area contributed by atoms with Crippen LogP contribution in [0.1, 0.15) is 22.5 Å². The summed E-state index contributed by atoms with van der Waals surface area (Å²) in [7, 11) is 1.37. The number of methoxy groups -OCH3 is 1. The summed E-state index contributed by atoms with van der Waals surface area (Å²) >= 11 is 1.34. The maximum Gasteiger partial charge on any atom is 0.349 e. The Kier molecular flexibility index (Phi) is 3.96. The molecule has 0 aliphatic carbocycles. The van der Waals surface area contributed by atoms with E-state index in [2.05, 4.69) is 14.6 Å². The van der Waals surface area contributed by atoms with Crippen molar-refractivity contribution in [1.82, 2.24) is 4.98 Å². The molecule has 0 amide bonds. The first kappa shape index (κ1) is 12.3. The average Bonchev–Trinajstić information content (AvgIpc) is 2.87. The highest BCUT2D eigenvalue weighted by Gasteiger charge is 2.22. The van der Waals surface area contributed by atoms with Crippen LogP contribution >= 0.6 is 11.3 Å². The number of esters is 1. The molecule has 0 radical (unpaired) electrons. The molecule has 1 saturated heterocycles. The summed E-state index contributed by atoms with van der Waals surface area (Å²) in [6.45, 7) is 1.96. The van der Waals surface area contributed by atoms with E-state index >= 15 is 0 Å². The van der Waals surface area contributed by atoms with Gasteiger partial charge >= 0.3 is 5.97 Å². The van der Waals surface area contributed by atoms with Gasteiger partial charge < -0.3 is 14.7 Å². The van der Waals surface area contributed by atoms with E-state index < -0.39 is 0 Å². The molecule has 5 nitrogen and oxygen atoms in total. The van der Waals surface area contributed by atoms with Crippen LogP contribution in [-0.4, -0.2) is 42.9 Å². The van der Waals surface area contributed by atoms with Crippen molar-refractivity contribution >= 4 is 22.4 Å².